The number of anilines is 1. The molecule has 0 radical (unpaired) electrons. The van der Waals surface area contributed by atoms with Gasteiger partial charge < -0.3 is 9.64 Å². The van der Waals surface area contributed by atoms with E-state index in [9.17, 15) is 9.59 Å². The SMILES string of the molecule is CCOC(=O)c1ccc(N2CN=c3sc(=Cc4cccs4)c(=O)n3C2)cc1. The van der Waals surface area contributed by atoms with Crippen LogP contribution in [-0.2, 0) is 11.4 Å². The topological polar surface area (TPSA) is 63.9 Å². The van der Waals surface area contributed by atoms with Gasteiger partial charge in [0.25, 0.3) is 5.56 Å². The van der Waals surface area contributed by atoms with Gasteiger partial charge in [0.1, 0.15) is 13.3 Å². The highest BCUT2D eigenvalue weighted by atomic mass is 32.1. The Kier molecular flexibility index (Phi) is 4.91. The van der Waals surface area contributed by atoms with Crippen LogP contribution in [0, 0.1) is 0 Å². The molecule has 0 bridgehead atoms. The van der Waals surface area contributed by atoms with E-state index in [4.69, 9.17) is 4.74 Å². The molecular formula is C19H17N3O3S2. The third kappa shape index (κ3) is 3.58. The number of esters is 1. The molecule has 138 valence electrons. The molecule has 1 aliphatic rings. The number of thiophene rings is 1. The van der Waals surface area contributed by atoms with Crippen molar-refractivity contribution in [1.29, 1.82) is 0 Å². The lowest BCUT2D eigenvalue weighted by molar-refractivity contribution is 0.0526. The summed E-state index contributed by atoms with van der Waals surface area (Å²) in [4.78, 5) is 32.8. The second-order valence-corrected chi connectivity index (χ2v) is 7.88. The van der Waals surface area contributed by atoms with Crippen molar-refractivity contribution in [2.75, 3.05) is 18.2 Å². The first-order valence-corrected chi connectivity index (χ1v) is 10.2. The first kappa shape index (κ1) is 17.7. The number of rotatable bonds is 4. The first-order valence-electron chi connectivity index (χ1n) is 8.47. The predicted molar refractivity (Wildman–Crippen MR) is 107 cm³/mol. The summed E-state index contributed by atoms with van der Waals surface area (Å²) < 4.78 is 7.38. The smallest absolute Gasteiger partial charge is 0.338 e. The van der Waals surface area contributed by atoms with Gasteiger partial charge in [0.2, 0.25) is 0 Å². The standard InChI is InChI=1S/C19H17N3O3S2/c1-2-25-18(24)13-5-7-14(8-6-13)21-11-20-19-22(12-21)17(23)16(27-19)10-15-4-3-9-26-15/h3-10H,2,11-12H2,1H3. The molecule has 0 fully saturated rings. The number of hydrogen-bond acceptors (Lipinski definition) is 7. The van der Waals surface area contributed by atoms with Gasteiger partial charge in [0, 0.05) is 10.6 Å². The molecule has 3 aromatic rings. The second kappa shape index (κ2) is 7.50. The van der Waals surface area contributed by atoms with E-state index in [1.54, 1.807) is 35.0 Å². The van der Waals surface area contributed by atoms with Crippen molar-refractivity contribution in [3.8, 4) is 0 Å². The maximum Gasteiger partial charge on any atom is 0.338 e. The lowest BCUT2D eigenvalue weighted by Crippen LogP contribution is -2.42. The normalized spacial score (nSPS) is 14.0. The second-order valence-electron chi connectivity index (χ2n) is 5.89. The highest BCUT2D eigenvalue weighted by Gasteiger charge is 2.16. The number of thiazole rings is 1. The highest BCUT2D eigenvalue weighted by molar-refractivity contribution is 7.11. The van der Waals surface area contributed by atoms with Crippen LogP contribution in [0.2, 0.25) is 0 Å². The molecule has 0 amide bonds. The maximum atomic E-state index is 12.7. The van der Waals surface area contributed by atoms with E-state index in [2.05, 4.69) is 4.99 Å². The number of aromatic nitrogens is 1. The largest absolute Gasteiger partial charge is 0.462 e. The molecule has 0 unspecified atom stereocenters. The molecule has 2 aromatic heterocycles. The van der Waals surface area contributed by atoms with Crippen LogP contribution in [0.3, 0.4) is 0 Å². The van der Waals surface area contributed by atoms with Gasteiger partial charge in [-0.2, -0.15) is 0 Å². The molecule has 0 saturated carbocycles. The summed E-state index contributed by atoms with van der Waals surface area (Å²) in [7, 11) is 0. The Morgan fingerprint density at radius 1 is 1.30 bits per heavy atom. The first-order chi connectivity index (χ1) is 13.2. The molecule has 0 saturated heterocycles. The molecular weight excluding hydrogens is 382 g/mol. The van der Waals surface area contributed by atoms with E-state index in [-0.39, 0.29) is 11.5 Å². The minimum atomic E-state index is -0.336. The monoisotopic (exact) mass is 399 g/mol. The van der Waals surface area contributed by atoms with Crippen LogP contribution in [0.25, 0.3) is 6.08 Å². The van der Waals surface area contributed by atoms with Gasteiger partial charge in [-0.05, 0) is 48.7 Å². The molecule has 8 heteroatoms. The van der Waals surface area contributed by atoms with Gasteiger partial charge in [0.05, 0.1) is 16.7 Å². The zero-order valence-electron chi connectivity index (χ0n) is 14.6. The van der Waals surface area contributed by atoms with Crippen LogP contribution in [-0.4, -0.2) is 23.8 Å². The van der Waals surface area contributed by atoms with E-state index in [1.807, 2.05) is 40.6 Å². The summed E-state index contributed by atoms with van der Waals surface area (Å²) in [6, 6.07) is 11.1. The summed E-state index contributed by atoms with van der Waals surface area (Å²) in [5.41, 5.74) is 1.38. The van der Waals surface area contributed by atoms with Crippen LogP contribution >= 0.6 is 22.7 Å². The molecule has 0 aliphatic carbocycles. The van der Waals surface area contributed by atoms with E-state index in [0.717, 1.165) is 15.4 Å². The zero-order chi connectivity index (χ0) is 18.8. The van der Waals surface area contributed by atoms with Gasteiger partial charge in [0.15, 0.2) is 4.80 Å². The van der Waals surface area contributed by atoms with Crippen LogP contribution in [0.15, 0.2) is 51.6 Å². The molecule has 1 aromatic carbocycles. The van der Waals surface area contributed by atoms with Crippen molar-refractivity contribution in [1.82, 2.24) is 4.57 Å². The van der Waals surface area contributed by atoms with E-state index >= 15 is 0 Å². The van der Waals surface area contributed by atoms with Crippen LogP contribution in [0.1, 0.15) is 22.2 Å². The van der Waals surface area contributed by atoms with Crippen molar-refractivity contribution in [2.24, 2.45) is 4.99 Å². The molecule has 0 N–H and O–H groups in total. The van der Waals surface area contributed by atoms with Gasteiger partial charge >= 0.3 is 5.97 Å². The van der Waals surface area contributed by atoms with Crippen molar-refractivity contribution >= 4 is 40.4 Å². The van der Waals surface area contributed by atoms with Gasteiger partial charge in [-0.25, -0.2) is 9.79 Å². The van der Waals surface area contributed by atoms with Crippen molar-refractivity contribution in [2.45, 2.75) is 13.6 Å². The molecule has 27 heavy (non-hydrogen) atoms. The number of hydrogen-bond donors (Lipinski definition) is 0. The summed E-state index contributed by atoms with van der Waals surface area (Å²) in [5.74, 6) is -0.336. The lowest BCUT2D eigenvalue weighted by atomic mass is 10.2. The third-order valence-corrected chi connectivity index (χ3v) is 6.00. The number of benzene rings is 1. The average Bonchev–Trinajstić information content (AvgIpc) is 3.31. The predicted octanol–water partition coefficient (Wildman–Crippen LogP) is 2.03. The fourth-order valence-electron chi connectivity index (χ4n) is 2.80. The Morgan fingerprint density at radius 3 is 2.81 bits per heavy atom. The quantitative estimate of drug-likeness (QED) is 0.630. The lowest BCUT2D eigenvalue weighted by Gasteiger charge is -2.25. The highest BCUT2D eigenvalue weighted by Crippen LogP contribution is 2.17. The average molecular weight is 399 g/mol. The molecule has 4 rings (SSSR count). The Bertz CT molecular complexity index is 1130. The Balaban J connectivity index is 1.59. The van der Waals surface area contributed by atoms with Crippen molar-refractivity contribution in [3.05, 3.63) is 71.9 Å². The van der Waals surface area contributed by atoms with Crippen LogP contribution in [0.5, 0.6) is 0 Å². The van der Waals surface area contributed by atoms with E-state index < -0.39 is 0 Å². The minimum Gasteiger partial charge on any atom is -0.462 e. The molecule has 6 nitrogen and oxygen atoms in total. The van der Waals surface area contributed by atoms with Crippen molar-refractivity contribution in [3.63, 3.8) is 0 Å². The van der Waals surface area contributed by atoms with Crippen molar-refractivity contribution < 1.29 is 9.53 Å². The summed E-state index contributed by atoms with van der Waals surface area (Å²) in [6.07, 6.45) is 1.91. The maximum absolute atomic E-state index is 12.7. The van der Waals surface area contributed by atoms with Gasteiger partial charge in [-0.1, -0.05) is 17.4 Å². The summed E-state index contributed by atoms with van der Waals surface area (Å²) in [5, 5.41) is 1.99. The summed E-state index contributed by atoms with van der Waals surface area (Å²) >= 11 is 3.02. The molecule has 0 spiro atoms. The number of carbonyl (C=O) groups is 1. The number of carbonyl (C=O) groups excluding carboxylic acids is 1. The fraction of sp³-hybridized carbons (Fsp3) is 0.211. The Hall–Kier alpha value is -2.71. The number of ether oxygens (including phenoxy) is 1. The third-order valence-electron chi connectivity index (χ3n) is 4.14. The van der Waals surface area contributed by atoms with Gasteiger partial charge in [-0.3, -0.25) is 9.36 Å². The molecule has 3 heterocycles. The van der Waals surface area contributed by atoms with E-state index in [0.29, 0.717) is 30.0 Å². The number of fused-ring (bicyclic) bond motifs is 1. The van der Waals surface area contributed by atoms with Crippen LogP contribution in [0.4, 0.5) is 5.69 Å². The number of nitrogens with zero attached hydrogens (tertiary/aromatic N) is 3. The van der Waals surface area contributed by atoms with Gasteiger partial charge in [-0.15, -0.1) is 11.3 Å². The molecule has 0 atom stereocenters. The summed E-state index contributed by atoms with van der Waals surface area (Å²) in [6.45, 7) is 3.03. The zero-order valence-corrected chi connectivity index (χ0v) is 16.3. The molecule has 1 aliphatic heterocycles. The van der Waals surface area contributed by atoms with Crippen LogP contribution < -0.4 is 19.8 Å². The Labute approximate surface area is 163 Å². The minimum absolute atomic E-state index is 0.0278. The fourth-order valence-corrected chi connectivity index (χ4v) is 4.49. The Morgan fingerprint density at radius 2 is 2.11 bits per heavy atom. The van der Waals surface area contributed by atoms with E-state index in [1.165, 1.54) is 11.3 Å².